The molecule has 2 rings (SSSR count). The summed E-state index contributed by atoms with van der Waals surface area (Å²) in [7, 11) is -10.2. The summed E-state index contributed by atoms with van der Waals surface area (Å²) in [6, 6.07) is 6.15. The highest BCUT2D eigenvalue weighted by Gasteiger charge is 2.30. The van der Waals surface area contributed by atoms with Gasteiger partial charge >= 0.3 is 10.1 Å². The van der Waals surface area contributed by atoms with Crippen molar-refractivity contribution in [2.45, 2.75) is 31.1 Å². The molecule has 13 heteroatoms. The minimum absolute atomic E-state index is 0.0356. The van der Waals surface area contributed by atoms with Crippen LogP contribution in [-0.4, -0.2) is 33.7 Å². The summed E-state index contributed by atoms with van der Waals surface area (Å²) in [6.07, 6.45) is 0.867. The van der Waals surface area contributed by atoms with Crippen LogP contribution in [-0.2, 0) is 20.2 Å². The first kappa shape index (κ1) is 24.9. The normalized spacial score (nSPS) is 13.1. The second-order valence-electron chi connectivity index (χ2n) is 6.44. The van der Waals surface area contributed by atoms with Crippen LogP contribution in [0.2, 0.25) is 0 Å². The lowest BCUT2D eigenvalue weighted by Crippen LogP contribution is -2.20. The number of hydrogen-bond donors (Lipinski definition) is 0. The molecule has 0 saturated carbocycles. The highest BCUT2D eigenvalue weighted by Crippen LogP contribution is 2.32. The van der Waals surface area contributed by atoms with Gasteiger partial charge in [0.05, 0.1) is 0 Å². The van der Waals surface area contributed by atoms with Crippen LogP contribution >= 0.6 is 0 Å². The van der Waals surface area contributed by atoms with Gasteiger partial charge in [0, 0.05) is 0 Å². The maximum absolute atomic E-state index is 13.8. The molecule has 0 N–H and O–H groups in total. The van der Waals surface area contributed by atoms with Crippen molar-refractivity contribution >= 4 is 20.2 Å². The van der Waals surface area contributed by atoms with E-state index in [-0.39, 0.29) is 11.7 Å². The maximum Gasteiger partial charge on any atom is 0.312 e. The first-order valence-electron chi connectivity index (χ1n) is 8.75. The Morgan fingerprint density at radius 3 is 1.90 bits per heavy atom. The third kappa shape index (κ3) is 5.86. The van der Waals surface area contributed by atoms with Crippen molar-refractivity contribution in [3.8, 4) is 11.5 Å². The van der Waals surface area contributed by atoms with Crippen molar-refractivity contribution in [2.24, 2.45) is 0 Å². The van der Waals surface area contributed by atoms with Gasteiger partial charge < -0.3 is 13.5 Å². The molecule has 0 fully saturated rings. The molecule has 0 aliphatic rings. The smallest absolute Gasteiger partial charge is 0.312 e. The standard InChI is InChI=1S/C18H18F4O7S2/c1-3-10(2)11-4-6-12(7-5-11)29-30(23,24)9-8-28-17-13(19)15(21)18(31(25,26)27)16(22)14(17)20/h4-7,10H,3,8-9H2,1-2H3,(H,25,26,27)/p-1. The average Bonchev–Trinajstić information content (AvgIpc) is 2.67. The minimum Gasteiger partial charge on any atom is -0.744 e. The quantitative estimate of drug-likeness (QED) is 0.232. The van der Waals surface area contributed by atoms with E-state index in [9.17, 15) is 39.0 Å². The molecule has 2 aromatic rings. The lowest BCUT2D eigenvalue weighted by atomic mass is 9.99. The van der Waals surface area contributed by atoms with E-state index in [1.807, 2.05) is 13.8 Å². The first-order valence-corrected chi connectivity index (χ1v) is 11.7. The van der Waals surface area contributed by atoms with E-state index in [4.69, 9.17) is 4.18 Å². The number of halogens is 4. The second-order valence-corrected chi connectivity index (χ2v) is 9.45. The third-order valence-corrected chi connectivity index (χ3v) is 6.27. The van der Waals surface area contributed by atoms with Gasteiger partial charge in [-0.1, -0.05) is 26.0 Å². The first-order chi connectivity index (χ1) is 14.3. The van der Waals surface area contributed by atoms with Crippen molar-refractivity contribution in [1.82, 2.24) is 0 Å². The topological polar surface area (TPSA) is 110 Å². The Labute approximate surface area is 176 Å². The fourth-order valence-corrected chi connectivity index (χ4v) is 3.85. The van der Waals surface area contributed by atoms with Crippen LogP contribution in [0.5, 0.6) is 11.5 Å². The van der Waals surface area contributed by atoms with Crippen molar-refractivity contribution in [3.05, 3.63) is 53.1 Å². The molecular formula is C18H17F4O7S2-. The fourth-order valence-electron chi connectivity index (χ4n) is 2.46. The maximum atomic E-state index is 13.8. The predicted octanol–water partition coefficient (Wildman–Crippen LogP) is 3.45. The van der Waals surface area contributed by atoms with Crippen LogP contribution in [0.25, 0.3) is 0 Å². The molecule has 0 amide bonds. The number of hydrogen-bond acceptors (Lipinski definition) is 7. The van der Waals surface area contributed by atoms with Crippen LogP contribution in [0.15, 0.2) is 29.2 Å². The van der Waals surface area contributed by atoms with Crippen LogP contribution in [0.1, 0.15) is 31.7 Å². The number of benzene rings is 2. The van der Waals surface area contributed by atoms with Gasteiger partial charge in [-0.25, -0.2) is 17.2 Å². The molecule has 0 heterocycles. The summed E-state index contributed by atoms with van der Waals surface area (Å²) < 4.78 is 121. The van der Waals surface area contributed by atoms with Gasteiger partial charge in [0.25, 0.3) is 0 Å². The Bertz CT molecular complexity index is 1140. The zero-order chi connectivity index (χ0) is 23.6. The van der Waals surface area contributed by atoms with E-state index in [1.54, 1.807) is 12.1 Å². The number of ether oxygens (including phenoxy) is 1. The SMILES string of the molecule is CCC(C)c1ccc(OS(=O)(=O)CCOc2c(F)c(F)c(S(=O)(=O)[O-])c(F)c2F)cc1. The van der Waals surface area contributed by atoms with E-state index in [1.165, 1.54) is 12.1 Å². The molecular weight excluding hydrogens is 468 g/mol. The highest BCUT2D eigenvalue weighted by atomic mass is 32.2. The van der Waals surface area contributed by atoms with Gasteiger partial charge in [0.2, 0.25) is 11.6 Å². The predicted molar refractivity (Wildman–Crippen MR) is 99.3 cm³/mol. The zero-order valence-electron chi connectivity index (χ0n) is 16.2. The fraction of sp³-hybridized carbons (Fsp3) is 0.333. The molecule has 0 saturated heterocycles. The van der Waals surface area contributed by atoms with Crippen LogP contribution < -0.4 is 8.92 Å². The molecule has 0 aliphatic heterocycles. The Morgan fingerprint density at radius 1 is 0.935 bits per heavy atom. The summed E-state index contributed by atoms with van der Waals surface area (Å²) in [5.41, 5.74) is 0.953. The second kappa shape index (κ2) is 9.40. The molecule has 7 nitrogen and oxygen atoms in total. The van der Waals surface area contributed by atoms with Crippen LogP contribution in [0, 0.1) is 23.3 Å². The monoisotopic (exact) mass is 485 g/mol. The molecule has 1 unspecified atom stereocenters. The van der Waals surface area contributed by atoms with Gasteiger partial charge in [-0.3, -0.25) is 0 Å². The lowest BCUT2D eigenvalue weighted by Gasteiger charge is -2.15. The summed E-state index contributed by atoms with van der Waals surface area (Å²) in [6.45, 7) is 2.96. The molecule has 0 bridgehead atoms. The molecule has 31 heavy (non-hydrogen) atoms. The van der Waals surface area contributed by atoms with Gasteiger partial charge in [-0.15, -0.1) is 0 Å². The molecule has 0 radical (unpaired) electrons. The zero-order valence-corrected chi connectivity index (χ0v) is 17.8. The van der Waals surface area contributed by atoms with Gasteiger partial charge in [-0.05, 0) is 30.0 Å². The lowest BCUT2D eigenvalue weighted by molar-refractivity contribution is 0.279. The Morgan fingerprint density at radius 2 is 1.45 bits per heavy atom. The molecule has 1 atom stereocenters. The Balaban J connectivity index is 2.12. The van der Waals surface area contributed by atoms with Crippen LogP contribution in [0.3, 0.4) is 0 Å². The Kier molecular flexibility index (Phi) is 7.55. The molecule has 0 aliphatic carbocycles. The van der Waals surface area contributed by atoms with Crippen molar-refractivity contribution in [1.29, 1.82) is 0 Å². The summed E-state index contributed by atoms with van der Waals surface area (Å²) in [4.78, 5) is -2.34. The van der Waals surface area contributed by atoms with Crippen molar-refractivity contribution in [2.75, 3.05) is 12.4 Å². The van der Waals surface area contributed by atoms with Crippen molar-refractivity contribution in [3.63, 3.8) is 0 Å². The van der Waals surface area contributed by atoms with E-state index < -0.39 is 66.5 Å². The molecule has 0 spiro atoms. The van der Waals surface area contributed by atoms with E-state index in [0.29, 0.717) is 0 Å². The van der Waals surface area contributed by atoms with Crippen molar-refractivity contribution < 1.29 is 47.9 Å². The van der Waals surface area contributed by atoms with E-state index in [0.717, 1.165) is 12.0 Å². The minimum atomic E-state index is -5.87. The summed E-state index contributed by atoms with van der Waals surface area (Å²) in [5, 5.41) is 0. The van der Waals surface area contributed by atoms with Gasteiger partial charge in [-0.2, -0.15) is 17.2 Å². The van der Waals surface area contributed by atoms with Gasteiger partial charge in [0.1, 0.15) is 33.1 Å². The third-order valence-electron chi connectivity index (χ3n) is 4.30. The van der Waals surface area contributed by atoms with Gasteiger partial charge in [0.15, 0.2) is 17.4 Å². The average molecular weight is 485 g/mol. The summed E-state index contributed by atoms with van der Waals surface area (Å²) in [5.74, 6) is -12.0. The molecule has 172 valence electrons. The largest absolute Gasteiger partial charge is 0.744 e. The molecule has 0 aromatic heterocycles. The number of rotatable bonds is 9. The summed E-state index contributed by atoms with van der Waals surface area (Å²) >= 11 is 0. The van der Waals surface area contributed by atoms with E-state index in [2.05, 4.69) is 4.74 Å². The Hall–Kier alpha value is -2.38. The van der Waals surface area contributed by atoms with E-state index >= 15 is 0 Å². The molecule has 2 aromatic carbocycles. The highest BCUT2D eigenvalue weighted by molar-refractivity contribution is 7.87. The van der Waals surface area contributed by atoms with Crippen LogP contribution in [0.4, 0.5) is 17.6 Å².